The number of hydrogen-bond acceptors (Lipinski definition) is 9. The minimum atomic E-state index is -3.26. The fraction of sp³-hybridized carbons (Fsp3) is 0.391. The Hall–Kier alpha value is -3.80. The molecule has 0 amide bonds. The molecule has 0 bridgehead atoms. The Bertz CT molecular complexity index is 1250. The van der Waals surface area contributed by atoms with E-state index in [1.54, 1.807) is 30.1 Å². The Morgan fingerprint density at radius 2 is 1.83 bits per heavy atom. The van der Waals surface area contributed by atoms with Gasteiger partial charge in [0.2, 0.25) is 11.6 Å². The molecule has 0 radical (unpaired) electrons. The van der Waals surface area contributed by atoms with Crippen molar-refractivity contribution in [1.82, 2.24) is 34.9 Å². The topological polar surface area (TPSA) is 114 Å². The summed E-state index contributed by atoms with van der Waals surface area (Å²) in [6, 6.07) is 7.79. The van der Waals surface area contributed by atoms with E-state index in [9.17, 15) is 8.78 Å². The maximum Gasteiger partial charge on any atom is 0.394 e. The molecule has 0 unspecified atom stereocenters. The van der Waals surface area contributed by atoms with Gasteiger partial charge >= 0.3 is 6.11 Å². The number of benzene rings is 1. The molecular weight excluding hydrogens is 460 g/mol. The van der Waals surface area contributed by atoms with Gasteiger partial charge in [-0.2, -0.15) is 13.8 Å². The third-order valence-electron chi connectivity index (χ3n) is 4.96. The molecular formula is C23H25F2N7O3. The van der Waals surface area contributed by atoms with Crippen LogP contribution in [0.4, 0.5) is 8.78 Å². The lowest BCUT2D eigenvalue weighted by Gasteiger charge is -2.12. The molecule has 0 aliphatic rings. The molecule has 12 heteroatoms. The molecule has 0 N–H and O–H groups in total. The maximum absolute atomic E-state index is 13.0. The summed E-state index contributed by atoms with van der Waals surface area (Å²) in [5.41, 5.74) is 1.38. The molecule has 0 saturated heterocycles. The normalized spacial score (nSPS) is 11.7. The molecule has 3 aromatic heterocycles. The van der Waals surface area contributed by atoms with Crippen molar-refractivity contribution < 1.29 is 22.8 Å². The molecule has 0 atom stereocenters. The molecule has 10 nitrogen and oxygen atoms in total. The SMILES string of the molecule is COCCCCc1nccc(Cn2nc(-c3nc(-c4ccc(OC(C)(F)F)cc4)no3)nc2C)n1. The van der Waals surface area contributed by atoms with Crippen molar-refractivity contribution in [3.8, 4) is 28.9 Å². The van der Waals surface area contributed by atoms with Crippen molar-refractivity contribution in [2.75, 3.05) is 13.7 Å². The fourth-order valence-corrected chi connectivity index (χ4v) is 3.30. The molecule has 4 rings (SSSR count). The van der Waals surface area contributed by atoms with E-state index in [0.29, 0.717) is 24.9 Å². The quantitative estimate of drug-likeness (QED) is 0.290. The van der Waals surface area contributed by atoms with E-state index in [1.807, 2.05) is 13.0 Å². The van der Waals surface area contributed by atoms with Gasteiger partial charge in [0.25, 0.3) is 5.89 Å². The van der Waals surface area contributed by atoms with Crippen molar-refractivity contribution in [1.29, 1.82) is 0 Å². The van der Waals surface area contributed by atoms with E-state index in [1.165, 1.54) is 12.1 Å². The van der Waals surface area contributed by atoms with Crippen molar-refractivity contribution in [2.45, 2.75) is 45.8 Å². The summed E-state index contributed by atoms with van der Waals surface area (Å²) in [6.07, 6.45) is 1.15. The van der Waals surface area contributed by atoms with Crippen LogP contribution in [0.1, 0.15) is 37.1 Å². The van der Waals surface area contributed by atoms with E-state index in [-0.39, 0.29) is 23.3 Å². The van der Waals surface area contributed by atoms with E-state index in [0.717, 1.165) is 37.4 Å². The summed E-state index contributed by atoms with van der Waals surface area (Å²) in [7, 11) is 1.69. The second-order valence-electron chi connectivity index (χ2n) is 7.91. The van der Waals surface area contributed by atoms with Crippen LogP contribution in [0.5, 0.6) is 5.75 Å². The molecule has 0 fully saturated rings. The maximum atomic E-state index is 13.0. The highest BCUT2D eigenvalue weighted by molar-refractivity contribution is 5.57. The standard InChI is InChI=1S/C23H25F2N7O3/c1-15-27-21(30-32(15)14-17-11-12-26-19(28-17)6-4-5-13-33-3)22-29-20(31-35-22)16-7-9-18(10-8-16)34-23(2,24)25/h7-12H,4-6,13-14H2,1-3H3. The Labute approximate surface area is 200 Å². The Kier molecular flexibility index (Phi) is 7.39. The second-order valence-corrected chi connectivity index (χ2v) is 7.91. The number of methoxy groups -OCH3 is 1. The third kappa shape index (κ3) is 6.63. The number of halogens is 2. The highest BCUT2D eigenvalue weighted by Crippen LogP contribution is 2.25. The van der Waals surface area contributed by atoms with E-state index >= 15 is 0 Å². The van der Waals surface area contributed by atoms with E-state index < -0.39 is 6.11 Å². The minimum absolute atomic E-state index is 0.0313. The molecule has 0 aliphatic heterocycles. The van der Waals surface area contributed by atoms with Gasteiger partial charge in [-0.05, 0) is 50.1 Å². The van der Waals surface area contributed by atoms with E-state index in [2.05, 4.69) is 34.9 Å². The Morgan fingerprint density at radius 1 is 1.03 bits per heavy atom. The van der Waals surface area contributed by atoms with Gasteiger partial charge in [-0.1, -0.05) is 5.16 Å². The zero-order valence-corrected chi connectivity index (χ0v) is 19.6. The van der Waals surface area contributed by atoms with Crippen LogP contribution in [-0.2, 0) is 17.7 Å². The van der Waals surface area contributed by atoms with Crippen LogP contribution in [-0.4, -0.2) is 54.7 Å². The summed E-state index contributed by atoms with van der Waals surface area (Å²) >= 11 is 0. The van der Waals surface area contributed by atoms with Gasteiger partial charge in [-0.15, -0.1) is 5.10 Å². The number of aromatic nitrogens is 7. The Morgan fingerprint density at radius 3 is 2.57 bits per heavy atom. The van der Waals surface area contributed by atoms with Gasteiger partial charge in [0.15, 0.2) is 0 Å². The lowest BCUT2D eigenvalue weighted by Crippen LogP contribution is -2.18. The molecule has 35 heavy (non-hydrogen) atoms. The first-order valence-corrected chi connectivity index (χ1v) is 11.0. The lowest BCUT2D eigenvalue weighted by atomic mass is 10.2. The molecule has 0 saturated carbocycles. The van der Waals surface area contributed by atoms with Gasteiger partial charge in [-0.25, -0.2) is 19.6 Å². The van der Waals surface area contributed by atoms with Gasteiger partial charge in [0, 0.05) is 38.8 Å². The monoisotopic (exact) mass is 485 g/mol. The average Bonchev–Trinajstić information content (AvgIpc) is 3.44. The number of hydrogen-bond donors (Lipinski definition) is 0. The van der Waals surface area contributed by atoms with Crippen molar-refractivity contribution in [3.63, 3.8) is 0 Å². The zero-order chi connectivity index (χ0) is 24.8. The fourth-order valence-electron chi connectivity index (χ4n) is 3.30. The predicted octanol–water partition coefficient (Wildman–Crippen LogP) is 4.10. The molecule has 0 aliphatic carbocycles. The van der Waals surface area contributed by atoms with E-state index in [4.69, 9.17) is 9.26 Å². The first-order valence-electron chi connectivity index (χ1n) is 11.0. The van der Waals surface area contributed by atoms with Crippen LogP contribution in [0, 0.1) is 6.92 Å². The second kappa shape index (κ2) is 10.6. The van der Waals surface area contributed by atoms with Gasteiger partial charge < -0.3 is 14.0 Å². The molecule has 184 valence electrons. The van der Waals surface area contributed by atoms with Crippen LogP contribution < -0.4 is 4.74 Å². The molecule has 1 aromatic carbocycles. The van der Waals surface area contributed by atoms with Gasteiger partial charge in [0.1, 0.15) is 17.4 Å². The number of rotatable bonds is 11. The van der Waals surface area contributed by atoms with Crippen molar-refractivity contribution >= 4 is 0 Å². The summed E-state index contributed by atoms with van der Waals surface area (Å²) in [5.74, 6) is 2.16. The third-order valence-corrected chi connectivity index (χ3v) is 4.96. The first-order chi connectivity index (χ1) is 16.8. The summed E-state index contributed by atoms with van der Waals surface area (Å²) in [6.45, 7) is 3.63. The number of unbranched alkanes of at least 4 members (excludes halogenated alkanes) is 1. The first kappa shape index (κ1) is 24.3. The highest BCUT2D eigenvalue weighted by atomic mass is 19.3. The summed E-state index contributed by atoms with van der Waals surface area (Å²) < 4.78 is 42.6. The zero-order valence-electron chi connectivity index (χ0n) is 19.6. The minimum Gasteiger partial charge on any atom is -0.433 e. The van der Waals surface area contributed by atoms with Gasteiger partial charge in [-0.3, -0.25) is 0 Å². The van der Waals surface area contributed by atoms with Crippen LogP contribution in [0.25, 0.3) is 23.1 Å². The van der Waals surface area contributed by atoms with Crippen LogP contribution in [0.2, 0.25) is 0 Å². The highest BCUT2D eigenvalue weighted by Gasteiger charge is 2.23. The number of aryl methyl sites for hydroxylation is 2. The predicted molar refractivity (Wildman–Crippen MR) is 121 cm³/mol. The number of ether oxygens (including phenoxy) is 2. The van der Waals surface area contributed by atoms with Crippen molar-refractivity contribution in [2.24, 2.45) is 0 Å². The molecule has 3 heterocycles. The van der Waals surface area contributed by atoms with Crippen LogP contribution >= 0.6 is 0 Å². The number of alkyl halides is 2. The number of nitrogens with zero attached hydrogens (tertiary/aromatic N) is 7. The van der Waals surface area contributed by atoms with Crippen molar-refractivity contribution in [3.05, 3.63) is 53.9 Å². The largest absolute Gasteiger partial charge is 0.433 e. The smallest absolute Gasteiger partial charge is 0.394 e. The Balaban J connectivity index is 1.44. The van der Waals surface area contributed by atoms with Crippen LogP contribution in [0.3, 0.4) is 0 Å². The molecule has 0 spiro atoms. The summed E-state index contributed by atoms with van der Waals surface area (Å²) in [5, 5.41) is 8.43. The molecule has 4 aromatic rings. The van der Waals surface area contributed by atoms with Gasteiger partial charge in [0.05, 0.1) is 12.2 Å². The summed E-state index contributed by atoms with van der Waals surface area (Å²) in [4.78, 5) is 17.7. The lowest BCUT2D eigenvalue weighted by molar-refractivity contribution is -0.158. The van der Waals surface area contributed by atoms with Crippen LogP contribution in [0.15, 0.2) is 41.1 Å². The average molecular weight is 485 g/mol.